The third-order valence-corrected chi connectivity index (χ3v) is 2.56. The molecule has 2 heteroatoms. The second-order valence-electron chi connectivity index (χ2n) is 3.48. The summed E-state index contributed by atoms with van der Waals surface area (Å²) in [5.74, 6) is 0.864. The van der Waals surface area contributed by atoms with Gasteiger partial charge in [0.05, 0.1) is 7.11 Å². The lowest BCUT2D eigenvalue weighted by molar-refractivity contribution is 0.300. The van der Waals surface area contributed by atoms with E-state index in [9.17, 15) is 0 Å². The van der Waals surface area contributed by atoms with Gasteiger partial charge in [0, 0.05) is 6.61 Å². The van der Waals surface area contributed by atoms with Crippen LogP contribution in [0.4, 0.5) is 0 Å². The van der Waals surface area contributed by atoms with Crippen molar-refractivity contribution >= 4 is 10.8 Å². The van der Waals surface area contributed by atoms with Gasteiger partial charge in [-0.2, -0.15) is 0 Å². The monoisotopic (exact) mass is 202 g/mol. The molecule has 0 bridgehead atoms. The molecule has 0 saturated carbocycles. The Morgan fingerprint density at radius 2 is 2.07 bits per heavy atom. The Kier molecular flexibility index (Phi) is 2.88. The molecule has 2 rings (SSSR count). The maximum atomic E-state index is 8.96. The number of methoxy groups -OCH3 is 1. The van der Waals surface area contributed by atoms with Crippen LogP contribution in [-0.4, -0.2) is 18.8 Å². The topological polar surface area (TPSA) is 29.5 Å². The molecule has 0 fully saturated rings. The van der Waals surface area contributed by atoms with Gasteiger partial charge < -0.3 is 9.84 Å². The summed E-state index contributed by atoms with van der Waals surface area (Å²) in [5, 5.41) is 11.3. The number of rotatable bonds is 3. The number of aliphatic hydroxyl groups is 1. The Labute approximate surface area is 89.1 Å². The Hall–Kier alpha value is -1.54. The van der Waals surface area contributed by atoms with Crippen LogP contribution in [-0.2, 0) is 6.42 Å². The summed E-state index contributed by atoms with van der Waals surface area (Å²) in [6.45, 7) is 0.186. The Balaban J connectivity index is 2.56. The summed E-state index contributed by atoms with van der Waals surface area (Å²) < 4.78 is 5.17. The SMILES string of the molecule is COc1ccc2c(CCO)cccc2c1. The van der Waals surface area contributed by atoms with E-state index in [2.05, 4.69) is 6.07 Å². The van der Waals surface area contributed by atoms with Gasteiger partial charge in [-0.1, -0.05) is 24.3 Å². The molecule has 0 saturated heterocycles. The first-order chi connectivity index (χ1) is 7.35. The maximum Gasteiger partial charge on any atom is 0.119 e. The van der Waals surface area contributed by atoms with Crippen molar-refractivity contribution < 1.29 is 9.84 Å². The number of fused-ring (bicyclic) bond motifs is 1. The summed E-state index contributed by atoms with van der Waals surface area (Å²) >= 11 is 0. The highest BCUT2D eigenvalue weighted by Gasteiger charge is 2.01. The van der Waals surface area contributed by atoms with Crippen LogP contribution in [0.1, 0.15) is 5.56 Å². The third-order valence-electron chi connectivity index (χ3n) is 2.56. The van der Waals surface area contributed by atoms with Gasteiger partial charge in [0.2, 0.25) is 0 Å². The van der Waals surface area contributed by atoms with E-state index in [0.717, 1.165) is 11.1 Å². The lowest BCUT2D eigenvalue weighted by Crippen LogP contribution is -1.92. The lowest BCUT2D eigenvalue weighted by Gasteiger charge is -2.06. The van der Waals surface area contributed by atoms with Gasteiger partial charge in [0.15, 0.2) is 0 Å². The fourth-order valence-electron chi connectivity index (χ4n) is 1.79. The molecule has 15 heavy (non-hydrogen) atoms. The van der Waals surface area contributed by atoms with Gasteiger partial charge in [-0.05, 0) is 34.9 Å². The van der Waals surface area contributed by atoms with Gasteiger partial charge in [0.25, 0.3) is 0 Å². The molecule has 1 N–H and O–H groups in total. The Bertz CT molecular complexity index is 463. The number of hydrogen-bond acceptors (Lipinski definition) is 2. The molecular weight excluding hydrogens is 188 g/mol. The Morgan fingerprint density at radius 3 is 2.80 bits per heavy atom. The zero-order valence-corrected chi connectivity index (χ0v) is 8.73. The van der Waals surface area contributed by atoms with Crippen LogP contribution >= 0.6 is 0 Å². The lowest BCUT2D eigenvalue weighted by atomic mass is 10.0. The molecule has 0 aliphatic rings. The highest BCUT2D eigenvalue weighted by molar-refractivity contribution is 5.87. The van der Waals surface area contributed by atoms with Crippen molar-refractivity contribution in [1.29, 1.82) is 0 Å². The first-order valence-corrected chi connectivity index (χ1v) is 5.01. The summed E-state index contributed by atoms with van der Waals surface area (Å²) in [5.41, 5.74) is 1.18. The van der Waals surface area contributed by atoms with Gasteiger partial charge in [-0.15, -0.1) is 0 Å². The van der Waals surface area contributed by atoms with E-state index >= 15 is 0 Å². The largest absolute Gasteiger partial charge is 0.497 e. The average molecular weight is 202 g/mol. The molecule has 0 unspecified atom stereocenters. The maximum absolute atomic E-state index is 8.96. The highest BCUT2D eigenvalue weighted by atomic mass is 16.5. The zero-order valence-electron chi connectivity index (χ0n) is 8.73. The molecule has 0 aliphatic heterocycles. The molecule has 78 valence electrons. The molecule has 0 aliphatic carbocycles. The molecule has 2 aromatic carbocycles. The summed E-state index contributed by atoms with van der Waals surface area (Å²) in [6.07, 6.45) is 0.698. The number of benzene rings is 2. The molecule has 0 heterocycles. The number of hydrogen-bond donors (Lipinski definition) is 1. The molecule has 0 spiro atoms. The van der Waals surface area contributed by atoms with E-state index in [1.54, 1.807) is 7.11 Å². The van der Waals surface area contributed by atoms with Gasteiger partial charge in [0.1, 0.15) is 5.75 Å². The fraction of sp³-hybridized carbons (Fsp3) is 0.231. The van der Waals surface area contributed by atoms with E-state index in [4.69, 9.17) is 9.84 Å². The van der Waals surface area contributed by atoms with Crippen LogP contribution in [0.3, 0.4) is 0 Å². The quantitative estimate of drug-likeness (QED) is 0.828. The molecular formula is C13H14O2. The van der Waals surface area contributed by atoms with E-state index < -0.39 is 0 Å². The van der Waals surface area contributed by atoms with E-state index in [1.165, 1.54) is 10.9 Å². The molecule has 0 radical (unpaired) electrons. The Morgan fingerprint density at radius 1 is 1.20 bits per heavy atom. The molecule has 0 aromatic heterocycles. The van der Waals surface area contributed by atoms with Crippen LogP contribution in [0.2, 0.25) is 0 Å². The third kappa shape index (κ3) is 1.95. The van der Waals surface area contributed by atoms with Crippen LogP contribution in [0, 0.1) is 0 Å². The normalized spacial score (nSPS) is 10.5. The highest BCUT2D eigenvalue weighted by Crippen LogP contribution is 2.23. The number of ether oxygens (including phenoxy) is 1. The predicted octanol–water partition coefficient (Wildman–Crippen LogP) is 2.38. The second kappa shape index (κ2) is 4.32. The van der Waals surface area contributed by atoms with Crippen molar-refractivity contribution in [2.45, 2.75) is 6.42 Å². The summed E-state index contributed by atoms with van der Waals surface area (Å²) in [4.78, 5) is 0. The van der Waals surface area contributed by atoms with Crippen LogP contribution < -0.4 is 4.74 Å². The zero-order chi connectivity index (χ0) is 10.7. The van der Waals surface area contributed by atoms with Crippen molar-refractivity contribution in [2.24, 2.45) is 0 Å². The smallest absolute Gasteiger partial charge is 0.119 e. The molecule has 2 aromatic rings. The minimum atomic E-state index is 0.186. The van der Waals surface area contributed by atoms with E-state index in [-0.39, 0.29) is 6.61 Å². The van der Waals surface area contributed by atoms with Gasteiger partial charge in [-0.3, -0.25) is 0 Å². The van der Waals surface area contributed by atoms with E-state index in [1.807, 2.05) is 30.3 Å². The van der Waals surface area contributed by atoms with Crippen molar-refractivity contribution in [3.05, 3.63) is 42.0 Å². The van der Waals surface area contributed by atoms with Gasteiger partial charge >= 0.3 is 0 Å². The van der Waals surface area contributed by atoms with E-state index in [0.29, 0.717) is 6.42 Å². The molecule has 0 atom stereocenters. The van der Waals surface area contributed by atoms with Crippen molar-refractivity contribution in [3.63, 3.8) is 0 Å². The van der Waals surface area contributed by atoms with Crippen LogP contribution in [0.5, 0.6) is 5.75 Å². The summed E-state index contributed by atoms with van der Waals surface area (Å²) in [6, 6.07) is 12.1. The minimum Gasteiger partial charge on any atom is -0.497 e. The first kappa shape index (κ1) is 9.99. The first-order valence-electron chi connectivity index (χ1n) is 5.01. The predicted molar refractivity (Wildman–Crippen MR) is 61.3 cm³/mol. The van der Waals surface area contributed by atoms with Crippen molar-refractivity contribution in [1.82, 2.24) is 0 Å². The average Bonchev–Trinajstić information content (AvgIpc) is 2.29. The standard InChI is InChI=1S/C13H14O2/c1-15-12-5-6-13-10(7-8-14)3-2-4-11(13)9-12/h2-6,9,14H,7-8H2,1H3. The van der Waals surface area contributed by atoms with Crippen molar-refractivity contribution in [2.75, 3.05) is 13.7 Å². The van der Waals surface area contributed by atoms with Crippen LogP contribution in [0.15, 0.2) is 36.4 Å². The molecule has 2 nitrogen and oxygen atoms in total. The van der Waals surface area contributed by atoms with Crippen LogP contribution in [0.25, 0.3) is 10.8 Å². The fourth-order valence-corrected chi connectivity index (χ4v) is 1.79. The second-order valence-corrected chi connectivity index (χ2v) is 3.48. The molecule has 0 amide bonds. The summed E-state index contributed by atoms with van der Waals surface area (Å²) in [7, 11) is 1.67. The minimum absolute atomic E-state index is 0.186. The number of aliphatic hydroxyl groups excluding tert-OH is 1. The van der Waals surface area contributed by atoms with Gasteiger partial charge in [-0.25, -0.2) is 0 Å². The van der Waals surface area contributed by atoms with Crippen molar-refractivity contribution in [3.8, 4) is 5.75 Å².